The van der Waals surface area contributed by atoms with Crippen LogP contribution < -0.4 is 5.73 Å². The van der Waals surface area contributed by atoms with Gasteiger partial charge in [-0.25, -0.2) is 4.99 Å². The van der Waals surface area contributed by atoms with Gasteiger partial charge in [-0.3, -0.25) is 0 Å². The second-order valence-electron chi connectivity index (χ2n) is 3.67. The molecule has 0 unspecified atom stereocenters. The molecule has 0 heterocycles. The first-order valence-corrected chi connectivity index (χ1v) is 5.13. The lowest BCUT2D eigenvalue weighted by molar-refractivity contribution is 0.760. The first kappa shape index (κ1) is 13.4. The molecule has 0 aromatic rings. The molecular weight excluding hydrogens is 186 g/mol. The molecule has 0 saturated carbocycles. The second kappa shape index (κ2) is 6.83. The van der Waals surface area contributed by atoms with Crippen LogP contribution in [0.4, 0.5) is 0 Å². The van der Waals surface area contributed by atoms with Gasteiger partial charge in [0.25, 0.3) is 0 Å². The van der Waals surface area contributed by atoms with E-state index in [2.05, 4.69) is 11.1 Å². The topological polar surface area (TPSA) is 62.2 Å². The van der Waals surface area contributed by atoms with E-state index in [1.54, 1.807) is 0 Å². The van der Waals surface area contributed by atoms with E-state index in [4.69, 9.17) is 11.0 Å². The minimum absolute atomic E-state index is 0.327. The smallest absolute Gasteiger partial charge is 0.139 e. The molecule has 2 N–H and O–H groups in total. The quantitative estimate of drug-likeness (QED) is 0.566. The molecule has 0 radical (unpaired) electrons. The normalized spacial score (nSPS) is 14.3. The molecule has 0 aliphatic heterocycles. The predicted octanol–water partition coefficient (Wildman–Crippen LogP) is 2.76. The van der Waals surface area contributed by atoms with Crippen LogP contribution in [0, 0.1) is 17.2 Å². The maximum atomic E-state index is 8.91. The van der Waals surface area contributed by atoms with Crippen LogP contribution in [0.15, 0.2) is 28.0 Å². The van der Waals surface area contributed by atoms with Crippen LogP contribution in [0.1, 0.15) is 34.1 Å². The number of hydrogen-bond donors (Lipinski definition) is 1. The van der Waals surface area contributed by atoms with Crippen molar-refractivity contribution in [2.75, 3.05) is 0 Å². The first-order valence-electron chi connectivity index (χ1n) is 5.13. The van der Waals surface area contributed by atoms with E-state index in [9.17, 15) is 0 Å². The third-order valence-electron chi connectivity index (χ3n) is 2.13. The van der Waals surface area contributed by atoms with E-state index in [-0.39, 0.29) is 0 Å². The Kier molecular flexibility index (Phi) is 6.12. The lowest BCUT2D eigenvalue weighted by Crippen LogP contribution is -1.99. The van der Waals surface area contributed by atoms with Gasteiger partial charge in [0.15, 0.2) is 0 Å². The number of allylic oxidation sites excluding steroid dienone is 4. The third-order valence-corrected chi connectivity index (χ3v) is 2.13. The average Bonchev–Trinajstić information content (AvgIpc) is 2.18. The number of nitrogens with two attached hydrogens (primary N) is 1. The Bertz CT molecular complexity index is 327. The standard InChI is InChI=1S/C12H19N3/c1-5-6-11(14)8-15-12(7-13)10(4)9(2)3/h6,8-9H,5,14H2,1-4H3/b11-6-,12-10+,15-8+. The lowest BCUT2D eigenvalue weighted by atomic mass is 10.0. The SMILES string of the molecule is CC/C=C(N)/C=N/C(C#N)=C(\C)C(C)C. The van der Waals surface area contributed by atoms with E-state index in [1.807, 2.05) is 33.8 Å². The van der Waals surface area contributed by atoms with Crippen LogP contribution in [0.2, 0.25) is 0 Å². The summed E-state index contributed by atoms with van der Waals surface area (Å²) < 4.78 is 0. The van der Waals surface area contributed by atoms with Gasteiger partial charge in [-0.15, -0.1) is 0 Å². The fraction of sp³-hybridized carbons (Fsp3) is 0.500. The van der Waals surface area contributed by atoms with Crippen molar-refractivity contribution in [3.05, 3.63) is 23.0 Å². The molecule has 0 aromatic carbocycles. The Labute approximate surface area is 92.0 Å². The summed E-state index contributed by atoms with van der Waals surface area (Å²) in [6.07, 6.45) is 4.27. The molecule has 15 heavy (non-hydrogen) atoms. The molecule has 0 aliphatic rings. The summed E-state index contributed by atoms with van der Waals surface area (Å²) in [5.41, 5.74) is 7.68. The van der Waals surface area contributed by atoms with E-state index in [1.165, 1.54) is 6.21 Å². The van der Waals surface area contributed by atoms with Crippen LogP contribution in [-0.4, -0.2) is 6.21 Å². The highest BCUT2D eigenvalue weighted by Gasteiger charge is 2.03. The summed E-state index contributed by atoms with van der Waals surface area (Å²) >= 11 is 0. The van der Waals surface area contributed by atoms with Gasteiger partial charge < -0.3 is 5.73 Å². The average molecular weight is 205 g/mol. The van der Waals surface area contributed by atoms with E-state index in [0.717, 1.165) is 12.0 Å². The zero-order chi connectivity index (χ0) is 11.8. The fourth-order valence-electron chi connectivity index (χ4n) is 0.920. The predicted molar refractivity (Wildman–Crippen MR) is 64.2 cm³/mol. The van der Waals surface area contributed by atoms with Gasteiger partial charge >= 0.3 is 0 Å². The van der Waals surface area contributed by atoms with Gasteiger partial charge in [0.05, 0.1) is 6.21 Å². The highest BCUT2D eigenvalue weighted by molar-refractivity contribution is 5.78. The summed E-state index contributed by atoms with van der Waals surface area (Å²) in [4.78, 5) is 4.08. The zero-order valence-electron chi connectivity index (χ0n) is 9.91. The third kappa shape index (κ3) is 5.02. The van der Waals surface area contributed by atoms with Crippen molar-refractivity contribution < 1.29 is 0 Å². The second-order valence-corrected chi connectivity index (χ2v) is 3.67. The van der Waals surface area contributed by atoms with Gasteiger partial charge in [-0.2, -0.15) is 5.26 Å². The van der Waals surface area contributed by atoms with Gasteiger partial charge in [0.2, 0.25) is 0 Å². The first-order chi connectivity index (χ1) is 7.02. The van der Waals surface area contributed by atoms with Crippen molar-refractivity contribution in [3.8, 4) is 6.07 Å². The molecule has 0 aliphatic carbocycles. The molecule has 0 fully saturated rings. The number of hydrogen-bond acceptors (Lipinski definition) is 3. The molecule has 82 valence electrons. The summed E-state index contributed by atoms with van der Waals surface area (Å²) in [6, 6.07) is 2.08. The van der Waals surface area contributed by atoms with Crippen molar-refractivity contribution >= 4 is 6.21 Å². The molecule has 0 rings (SSSR count). The van der Waals surface area contributed by atoms with Gasteiger partial charge in [-0.05, 0) is 24.8 Å². The minimum Gasteiger partial charge on any atom is -0.398 e. The fourth-order valence-corrected chi connectivity index (χ4v) is 0.920. The van der Waals surface area contributed by atoms with Crippen molar-refractivity contribution in [2.45, 2.75) is 34.1 Å². The molecule has 3 heteroatoms. The number of aliphatic imine (C=N–C) groups is 1. The maximum Gasteiger partial charge on any atom is 0.139 e. The van der Waals surface area contributed by atoms with Crippen LogP contribution in [0.25, 0.3) is 0 Å². The molecule has 0 atom stereocenters. The minimum atomic E-state index is 0.327. The van der Waals surface area contributed by atoms with Crippen LogP contribution in [-0.2, 0) is 0 Å². The van der Waals surface area contributed by atoms with E-state index in [0.29, 0.717) is 17.3 Å². The number of nitriles is 1. The van der Waals surface area contributed by atoms with E-state index < -0.39 is 0 Å². The van der Waals surface area contributed by atoms with E-state index >= 15 is 0 Å². The van der Waals surface area contributed by atoms with Gasteiger partial charge in [0.1, 0.15) is 11.8 Å². The Balaban J connectivity index is 4.84. The molecule has 0 aromatic heterocycles. The Morgan fingerprint density at radius 3 is 2.53 bits per heavy atom. The van der Waals surface area contributed by atoms with Crippen LogP contribution in [0.5, 0.6) is 0 Å². The van der Waals surface area contributed by atoms with Crippen molar-refractivity contribution in [2.24, 2.45) is 16.6 Å². The largest absolute Gasteiger partial charge is 0.398 e. The molecule has 0 bridgehead atoms. The molecule has 0 amide bonds. The zero-order valence-corrected chi connectivity index (χ0v) is 9.91. The van der Waals surface area contributed by atoms with Crippen LogP contribution >= 0.6 is 0 Å². The summed E-state index contributed by atoms with van der Waals surface area (Å²) in [7, 11) is 0. The summed E-state index contributed by atoms with van der Waals surface area (Å²) in [5, 5.41) is 8.91. The monoisotopic (exact) mass is 205 g/mol. The summed E-state index contributed by atoms with van der Waals surface area (Å²) in [5.74, 6) is 0.327. The Morgan fingerprint density at radius 2 is 2.13 bits per heavy atom. The van der Waals surface area contributed by atoms with Crippen molar-refractivity contribution in [1.29, 1.82) is 5.26 Å². The molecule has 0 spiro atoms. The number of nitrogens with zero attached hydrogens (tertiary/aromatic N) is 2. The molecular formula is C12H19N3. The number of rotatable bonds is 4. The Hall–Kier alpha value is -1.56. The van der Waals surface area contributed by atoms with Gasteiger partial charge in [0, 0.05) is 5.70 Å². The Morgan fingerprint density at radius 1 is 1.53 bits per heavy atom. The maximum absolute atomic E-state index is 8.91. The van der Waals surface area contributed by atoms with Crippen molar-refractivity contribution in [3.63, 3.8) is 0 Å². The van der Waals surface area contributed by atoms with Crippen molar-refractivity contribution in [1.82, 2.24) is 0 Å². The summed E-state index contributed by atoms with van der Waals surface area (Å²) in [6.45, 7) is 7.99. The van der Waals surface area contributed by atoms with Gasteiger partial charge in [-0.1, -0.05) is 26.8 Å². The molecule has 3 nitrogen and oxygen atoms in total. The van der Waals surface area contributed by atoms with Crippen LogP contribution in [0.3, 0.4) is 0 Å². The lowest BCUT2D eigenvalue weighted by Gasteiger charge is -2.04. The highest BCUT2D eigenvalue weighted by Crippen LogP contribution is 2.14. The molecule has 0 saturated heterocycles. The highest BCUT2D eigenvalue weighted by atomic mass is 14.8.